The number of alkyl halides is 3. The number of ether oxygens (including phenoxy) is 2. The number of aromatic nitrogens is 5. The zero-order valence-electron chi connectivity index (χ0n) is 26.3. The number of imide groups is 1. The molecule has 1 aliphatic carbocycles. The van der Waals surface area contributed by atoms with Gasteiger partial charge < -0.3 is 23.6 Å². The van der Waals surface area contributed by atoms with Crippen molar-refractivity contribution in [1.82, 2.24) is 28.4 Å². The second kappa shape index (κ2) is 11.7. The third-order valence-corrected chi connectivity index (χ3v) is 11.6. The molecular formula is C31H29BrCl2N6O9. The van der Waals surface area contributed by atoms with E-state index in [2.05, 4.69) is 20.9 Å². The number of hydrogen-bond acceptors (Lipinski definition) is 10. The Morgan fingerprint density at radius 1 is 1.06 bits per heavy atom. The molecule has 15 nitrogen and oxygen atoms in total. The topological polar surface area (TPSA) is 173 Å². The fraction of sp³-hybridized carbons (Fsp3) is 0.419. The number of amides is 2. The molecule has 1 saturated heterocycles. The summed E-state index contributed by atoms with van der Waals surface area (Å²) >= 11 is 17.5. The van der Waals surface area contributed by atoms with Gasteiger partial charge in [-0.3, -0.25) is 19.3 Å². The van der Waals surface area contributed by atoms with Crippen molar-refractivity contribution < 1.29 is 28.6 Å². The maximum absolute atomic E-state index is 14.1. The predicted octanol–water partition coefficient (Wildman–Crippen LogP) is 1.75. The maximum atomic E-state index is 14.1. The molecule has 0 radical (unpaired) electrons. The number of benzene rings is 1. The van der Waals surface area contributed by atoms with Gasteiger partial charge in [0, 0.05) is 38.6 Å². The van der Waals surface area contributed by atoms with Crippen molar-refractivity contribution in [3.8, 4) is 11.5 Å². The molecule has 0 bridgehead atoms. The van der Waals surface area contributed by atoms with Crippen LogP contribution in [0.1, 0.15) is 35.6 Å². The molecule has 18 heteroatoms. The Kier molecular flexibility index (Phi) is 8.00. The summed E-state index contributed by atoms with van der Waals surface area (Å²) < 4.78 is 21.5. The lowest BCUT2D eigenvalue weighted by molar-refractivity contribution is -0.138. The van der Waals surface area contributed by atoms with Crippen LogP contribution in [0.25, 0.3) is 11.0 Å². The molecule has 49 heavy (non-hydrogen) atoms. The molecule has 0 unspecified atom stereocenters. The first-order chi connectivity index (χ1) is 23.4. The van der Waals surface area contributed by atoms with Gasteiger partial charge in [0.25, 0.3) is 17.4 Å². The number of methoxy groups -OCH3 is 2. The lowest BCUT2D eigenvalue weighted by Crippen LogP contribution is -2.59. The van der Waals surface area contributed by atoms with Gasteiger partial charge in [0.05, 0.1) is 49.2 Å². The molecule has 1 aromatic carbocycles. The van der Waals surface area contributed by atoms with Crippen LogP contribution in [0.2, 0.25) is 0 Å². The van der Waals surface area contributed by atoms with E-state index in [4.69, 9.17) is 37.1 Å². The number of likely N-dealkylation sites (tertiary alicyclic amines) is 1. The molecule has 4 aromatic rings. The quantitative estimate of drug-likeness (QED) is 0.120. The maximum Gasteiger partial charge on any atom is 0.347 e. The first-order valence-electron chi connectivity index (χ1n) is 15.1. The molecule has 2 fully saturated rings. The van der Waals surface area contributed by atoms with Crippen LogP contribution >= 0.6 is 39.1 Å². The number of furan rings is 1. The summed E-state index contributed by atoms with van der Waals surface area (Å²) in [5.74, 6) is -1.45. The normalized spacial score (nSPS) is 24.6. The molecule has 5 heterocycles. The van der Waals surface area contributed by atoms with Crippen molar-refractivity contribution in [2.75, 3.05) is 19.7 Å². The molecule has 4 atom stereocenters. The van der Waals surface area contributed by atoms with Crippen LogP contribution in [0.4, 0.5) is 0 Å². The van der Waals surface area contributed by atoms with Gasteiger partial charge in [-0.25, -0.2) is 28.5 Å². The number of nitrogens with zero attached hydrogens (tertiary/aromatic N) is 6. The minimum Gasteiger partial charge on any atom is -0.493 e. The van der Waals surface area contributed by atoms with Gasteiger partial charge in [-0.05, 0) is 17.7 Å². The number of aryl methyl sites for hydroxylation is 2. The average Bonchev–Trinajstić information content (AvgIpc) is 3.71. The fourth-order valence-electron chi connectivity index (χ4n) is 7.29. The average molecular weight is 780 g/mol. The third kappa shape index (κ3) is 4.49. The summed E-state index contributed by atoms with van der Waals surface area (Å²) in [5, 5.41) is 9.69. The Balaban J connectivity index is 1.30. The van der Waals surface area contributed by atoms with E-state index in [1.807, 2.05) is 0 Å². The third-order valence-electron chi connectivity index (χ3n) is 9.71. The minimum atomic E-state index is -2.05. The number of fused-ring (bicyclic) bond motifs is 5. The van der Waals surface area contributed by atoms with E-state index in [0.717, 1.165) is 9.47 Å². The lowest BCUT2D eigenvalue weighted by Gasteiger charge is -2.48. The number of allylic oxidation sites excluding steroid dienone is 2. The molecule has 258 valence electrons. The van der Waals surface area contributed by atoms with Crippen LogP contribution in [-0.4, -0.2) is 74.7 Å². The van der Waals surface area contributed by atoms with Gasteiger partial charge in [-0.15, -0.1) is 23.2 Å². The number of aliphatic hydroxyl groups is 1. The molecule has 0 spiro atoms. The van der Waals surface area contributed by atoms with E-state index >= 15 is 0 Å². The zero-order valence-corrected chi connectivity index (χ0v) is 29.4. The summed E-state index contributed by atoms with van der Waals surface area (Å²) in [4.78, 5) is 70.0. The second-order valence-corrected chi connectivity index (χ2v) is 13.7. The standard InChI is InChI=1S/C31H29BrCl2N6O9/c1-36-19-11-23(48-3)22(47-2)10-18(19)35-17(25(36)42)7-8-37-28(45)39-9-6-16-20(40(39)29(37)46)12-30(33)26(43)38(14-32)27(44)31(30,34)24(16)21-5-4-15(13-41)49-21/h4-6,10-11,20,24,41H,7-9,12-14H2,1-3H3/t20-,24-,30-,31+/m1/s1. The van der Waals surface area contributed by atoms with Gasteiger partial charge in [0.15, 0.2) is 21.2 Å². The number of carbonyl (C=O) groups is 2. The highest BCUT2D eigenvalue weighted by molar-refractivity contribution is 9.09. The molecule has 1 N–H and O–H groups in total. The molecule has 3 aliphatic rings. The van der Waals surface area contributed by atoms with E-state index in [1.165, 1.54) is 40.3 Å². The smallest absolute Gasteiger partial charge is 0.347 e. The van der Waals surface area contributed by atoms with E-state index in [-0.39, 0.29) is 48.6 Å². The summed E-state index contributed by atoms with van der Waals surface area (Å²) in [6.45, 7) is -0.688. The number of halogens is 3. The first kappa shape index (κ1) is 33.4. The molecule has 1 saturated carbocycles. The Bertz CT molecular complexity index is 2290. The van der Waals surface area contributed by atoms with Crippen LogP contribution in [0.15, 0.2) is 54.7 Å². The fourth-order valence-corrected chi connectivity index (χ4v) is 8.68. The Hall–Kier alpha value is -4.12. The van der Waals surface area contributed by atoms with E-state index in [0.29, 0.717) is 28.1 Å². The first-order valence-corrected chi connectivity index (χ1v) is 17.0. The van der Waals surface area contributed by atoms with Crippen molar-refractivity contribution in [3.63, 3.8) is 0 Å². The monoisotopic (exact) mass is 778 g/mol. The Labute approximate surface area is 294 Å². The predicted molar refractivity (Wildman–Crippen MR) is 179 cm³/mol. The Morgan fingerprint density at radius 3 is 2.43 bits per heavy atom. The molecule has 7 rings (SSSR count). The summed E-state index contributed by atoms with van der Waals surface area (Å²) in [5.41, 5.74) is -0.429. The van der Waals surface area contributed by atoms with Gasteiger partial charge in [-0.2, -0.15) is 0 Å². The van der Waals surface area contributed by atoms with Crippen molar-refractivity contribution in [3.05, 3.63) is 84.5 Å². The van der Waals surface area contributed by atoms with Crippen molar-refractivity contribution in [2.45, 2.75) is 54.2 Å². The van der Waals surface area contributed by atoms with Crippen LogP contribution in [0.3, 0.4) is 0 Å². The van der Waals surface area contributed by atoms with Crippen LogP contribution in [0.5, 0.6) is 11.5 Å². The summed E-state index contributed by atoms with van der Waals surface area (Å²) in [6.07, 6.45) is 1.33. The lowest BCUT2D eigenvalue weighted by atomic mass is 9.65. The Morgan fingerprint density at radius 2 is 1.78 bits per heavy atom. The van der Waals surface area contributed by atoms with Crippen LogP contribution in [0, 0.1) is 0 Å². The number of rotatable bonds is 8. The van der Waals surface area contributed by atoms with Gasteiger partial charge in [0.1, 0.15) is 23.8 Å². The van der Waals surface area contributed by atoms with Gasteiger partial charge >= 0.3 is 11.4 Å². The van der Waals surface area contributed by atoms with Gasteiger partial charge in [0.2, 0.25) is 0 Å². The summed E-state index contributed by atoms with van der Waals surface area (Å²) in [6, 6.07) is 5.34. The highest BCUT2D eigenvalue weighted by Gasteiger charge is 2.76. The second-order valence-electron chi connectivity index (χ2n) is 12.0. The molecular weight excluding hydrogens is 751 g/mol. The van der Waals surface area contributed by atoms with Crippen LogP contribution < -0.4 is 26.4 Å². The largest absolute Gasteiger partial charge is 0.493 e. The van der Waals surface area contributed by atoms with Gasteiger partial charge in [-0.1, -0.05) is 22.0 Å². The van der Waals surface area contributed by atoms with E-state index in [1.54, 1.807) is 25.3 Å². The molecule has 2 amide bonds. The number of aliphatic hydroxyl groups excluding tert-OH is 1. The SMILES string of the molecule is COc1cc2nc(CCn3c(=O)n4n(c3=O)[C@@H]3C[C@@]5(Cl)C(=O)N(CBr)C(=O)[C@@]5(Cl)[C@@H](c5ccc(CO)o5)C3=CC4)c(=O)n(C)c2cc1OC. The van der Waals surface area contributed by atoms with Crippen LogP contribution in [-0.2, 0) is 42.8 Å². The number of hydrogen-bond donors (Lipinski definition) is 1. The number of carbonyl (C=O) groups excluding carboxylic acids is 2. The van der Waals surface area contributed by atoms with Crippen molar-refractivity contribution in [2.24, 2.45) is 7.05 Å². The minimum absolute atomic E-state index is 0.0581. The van der Waals surface area contributed by atoms with E-state index in [9.17, 15) is 29.1 Å². The van der Waals surface area contributed by atoms with E-state index < -0.39 is 57.1 Å². The zero-order chi connectivity index (χ0) is 35.2. The molecule has 3 aromatic heterocycles. The highest BCUT2D eigenvalue weighted by atomic mass is 79.9. The summed E-state index contributed by atoms with van der Waals surface area (Å²) in [7, 11) is 4.55. The van der Waals surface area contributed by atoms with Crippen molar-refractivity contribution >= 4 is 62.0 Å². The molecule has 2 aliphatic heterocycles. The highest BCUT2D eigenvalue weighted by Crippen LogP contribution is 2.63. The van der Waals surface area contributed by atoms with Crippen molar-refractivity contribution in [1.29, 1.82) is 0 Å².